The SMILES string of the molecule is CCC(C)NC(=O)C(CC)N(Cc1ccccc1Cl)C(=O)CCCN(C)S(=O)(=O)c1ccccc1. The summed E-state index contributed by atoms with van der Waals surface area (Å²) < 4.78 is 26.8. The Morgan fingerprint density at radius 2 is 1.63 bits per heavy atom. The van der Waals surface area contributed by atoms with Gasteiger partial charge in [0.1, 0.15) is 6.04 Å². The first-order valence-electron chi connectivity index (χ1n) is 12.0. The largest absolute Gasteiger partial charge is 0.352 e. The van der Waals surface area contributed by atoms with Crippen LogP contribution >= 0.6 is 11.6 Å². The number of rotatable bonds is 13. The van der Waals surface area contributed by atoms with Crippen molar-refractivity contribution in [2.45, 2.75) is 70.0 Å². The van der Waals surface area contributed by atoms with Gasteiger partial charge in [-0.05, 0) is 49.9 Å². The molecule has 9 heteroatoms. The zero-order valence-electron chi connectivity index (χ0n) is 20.9. The molecule has 0 aliphatic heterocycles. The molecule has 2 aromatic rings. The minimum Gasteiger partial charge on any atom is -0.352 e. The zero-order chi connectivity index (χ0) is 26.0. The summed E-state index contributed by atoms with van der Waals surface area (Å²) in [6.07, 6.45) is 1.65. The zero-order valence-corrected chi connectivity index (χ0v) is 22.5. The summed E-state index contributed by atoms with van der Waals surface area (Å²) in [5.41, 5.74) is 0.751. The molecule has 2 aromatic carbocycles. The van der Waals surface area contributed by atoms with E-state index in [1.54, 1.807) is 41.3 Å². The monoisotopic (exact) mass is 521 g/mol. The molecule has 35 heavy (non-hydrogen) atoms. The molecule has 1 N–H and O–H groups in total. The van der Waals surface area contributed by atoms with Crippen LogP contribution < -0.4 is 5.32 Å². The molecule has 0 aliphatic rings. The maximum Gasteiger partial charge on any atom is 0.243 e. The van der Waals surface area contributed by atoms with Gasteiger partial charge >= 0.3 is 0 Å². The first-order chi connectivity index (χ1) is 16.6. The van der Waals surface area contributed by atoms with Crippen molar-refractivity contribution in [3.63, 3.8) is 0 Å². The summed E-state index contributed by atoms with van der Waals surface area (Å²) in [6, 6.07) is 14.8. The molecule has 2 atom stereocenters. The molecule has 2 rings (SSSR count). The molecule has 0 heterocycles. The van der Waals surface area contributed by atoms with Gasteiger partial charge in [0.15, 0.2) is 0 Å². The quantitative estimate of drug-likeness (QED) is 0.421. The maximum absolute atomic E-state index is 13.4. The third-order valence-corrected chi connectivity index (χ3v) is 8.24. The van der Waals surface area contributed by atoms with E-state index in [-0.39, 0.29) is 42.3 Å². The van der Waals surface area contributed by atoms with E-state index >= 15 is 0 Å². The number of hydrogen-bond acceptors (Lipinski definition) is 4. The number of hydrogen-bond donors (Lipinski definition) is 1. The molecular formula is C26H36ClN3O4S. The van der Waals surface area contributed by atoms with Crippen molar-refractivity contribution in [1.82, 2.24) is 14.5 Å². The van der Waals surface area contributed by atoms with Crippen LogP contribution in [0.15, 0.2) is 59.5 Å². The van der Waals surface area contributed by atoms with Crippen molar-refractivity contribution in [1.29, 1.82) is 0 Å². The van der Waals surface area contributed by atoms with Gasteiger partial charge in [0.2, 0.25) is 21.8 Å². The topological polar surface area (TPSA) is 86.8 Å². The summed E-state index contributed by atoms with van der Waals surface area (Å²) in [6.45, 7) is 6.15. The molecule has 0 saturated heterocycles. The van der Waals surface area contributed by atoms with E-state index < -0.39 is 16.1 Å². The summed E-state index contributed by atoms with van der Waals surface area (Å²) in [4.78, 5) is 28.1. The van der Waals surface area contributed by atoms with Gasteiger partial charge < -0.3 is 10.2 Å². The molecule has 0 bridgehead atoms. The van der Waals surface area contributed by atoms with Crippen LogP contribution in [0.4, 0.5) is 0 Å². The average Bonchev–Trinajstić information content (AvgIpc) is 2.85. The van der Waals surface area contributed by atoms with Gasteiger partial charge in [-0.2, -0.15) is 0 Å². The van der Waals surface area contributed by atoms with E-state index in [0.29, 0.717) is 17.9 Å². The van der Waals surface area contributed by atoms with Gasteiger partial charge in [0.25, 0.3) is 0 Å². The second-order valence-corrected chi connectivity index (χ2v) is 11.1. The lowest BCUT2D eigenvalue weighted by Gasteiger charge is -2.32. The van der Waals surface area contributed by atoms with Crippen LogP contribution in [-0.2, 0) is 26.2 Å². The predicted octanol–water partition coefficient (Wildman–Crippen LogP) is 4.46. The van der Waals surface area contributed by atoms with Crippen LogP contribution in [0.2, 0.25) is 5.02 Å². The second kappa shape index (κ2) is 13.6. The Labute approximate surface area is 214 Å². The number of benzene rings is 2. The second-order valence-electron chi connectivity index (χ2n) is 8.60. The fraction of sp³-hybridized carbons (Fsp3) is 0.462. The average molecular weight is 522 g/mol. The fourth-order valence-corrected chi connectivity index (χ4v) is 5.09. The Hall–Kier alpha value is -2.42. The summed E-state index contributed by atoms with van der Waals surface area (Å²) >= 11 is 6.35. The lowest BCUT2D eigenvalue weighted by Crippen LogP contribution is -2.50. The highest BCUT2D eigenvalue weighted by Crippen LogP contribution is 2.21. The Kier molecular flexibility index (Phi) is 11.2. The van der Waals surface area contributed by atoms with Gasteiger partial charge in [0, 0.05) is 37.6 Å². The first kappa shape index (κ1) is 28.8. The van der Waals surface area contributed by atoms with Gasteiger partial charge in [-0.1, -0.05) is 61.8 Å². The number of nitrogens with one attached hydrogen (secondary N) is 1. The first-order valence-corrected chi connectivity index (χ1v) is 13.8. The fourth-order valence-electron chi connectivity index (χ4n) is 3.66. The predicted molar refractivity (Wildman–Crippen MR) is 139 cm³/mol. The Balaban J connectivity index is 2.15. The number of halogens is 1. The minimum absolute atomic E-state index is 0.00865. The van der Waals surface area contributed by atoms with E-state index in [9.17, 15) is 18.0 Å². The maximum atomic E-state index is 13.4. The summed E-state index contributed by atoms with van der Waals surface area (Å²) in [5.74, 6) is -0.424. The van der Waals surface area contributed by atoms with Gasteiger partial charge in [0.05, 0.1) is 4.90 Å². The normalized spacial score (nSPS) is 13.3. The Morgan fingerprint density at radius 1 is 1.00 bits per heavy atom. The molecule has 0 saturated carbocycles. The smallest absolute Gasteiger partial charge is 0.243 e. The van der Waals surface area contributed by atoms with Crippen molar-refractivity contribution in [2.75, 3.05) is 13.6 Å². The van der Waals surface area contributed by atoms with Crippen molar-refractivity contribution in [3.05, 3.63) is 65.2 Å². The number of carbonyl (C=O) groups is 2. The Bertz CT molecular complexity index is 1080. The lowest BCUT2D eigenvalue weighted by atomic mass is 10.1. The molecule has 0 fully saturated rings. The van der Waals surface area contributed by atoms with Crippen LogP contribution in [0.5, 0.6) is 0 Å². The van der Waals surface area contributed by atoms with E-state index in [2.05, 4.69) is 5.32 Å². The highest BCUT2D eigenvalue weighted by atomic mass is 35.5. The Morgan fingerprint density at radius 3 is 2.23 bits per heavy atom. The van der Waals surface area contributed by atoms with Crippen molar-refractivity contribution in [2.24, 2.45) is 0 Å². The molecule has 192 valence electrons. The van der Waals surface area contributed by atoms with E-state index in [1.165, 1.54) is 11.4 Å². The van der Waals surface area contributed by atoms with Gasteiger partial charge in [-0.25, -0.2) is 12.7 Å². The highest BCUT2D eigenvalue weighted by Gasteiger charge is 2.30. The number of sulfonamides is 1. The van der Waals surface area contributed by atoms with Crippen LogP contribution in [0.25, 0.3) is 0 Å². The van der Waals surface area contributed by atoms with E-state index in [1.807, 2.05) is 39.0 Å². The molecule has 0 radical (unpaired) electrons. The molecule has 0 aromatic heterocycles. The lowest BCUT2D eigenvalue weighted by molar-refractivity contribution is -0.141. The molecule has 0 spiro atoms. The highest BCUT2D eigenvalue weighted by molar-refractivity contribution is 7.89. The van der Waals surface area contributed by atoms with Gasteiger partial charge in [-0.3, -0.25) is 9.59 Å². The van der Waals surface area contributed by atoms with Crippen LogP contribution in [0, 0.1) is 0 Å². The summed E-state index contributed by atoms with van der Waals surface area (Å²) in [5, 5.41) is 3.50. The van der Waals surface area contributed by atoms with Crippen molar-refractivity contribution < 1.29 is 18.0 Å². The van der Waals surface area contributed by atoms with Crippen LogP contribution in [-0.4, -0.2) is 55.1 Å². The van der Waals surface area contributed by atoms with Gasteiger partial charge in [-0.15, -0.1) is 0 Å². The third kappa shape index (κ3) is 8.05. The van der Waals surface area contributed by atoms with E-state index in [0.717, 1.165) is 12.0 Å². The standard InChI is InChI=1S/C26H36ClN3O4S/c1-5-20(3)28-26(32)24(6-2)30(19-21-13-10-11-16-23(21)27)25(31)17-12-18-29(4)35(33,34)22-14-8-7-9-15-22/h7-11,13-16,20,24H,5-6,12,17-19H2,1-4H3,(H,28,32). The molecular weight excluding hydrogens is 486 g/mol. The van der Waals surface area contributed by atoms with Crippen molar-refractivity contribution in [3.8, 4) is 0 Å². The third-order valence-electron chi connectivity index (χ3n) is 6.00. The number of amides is 2. The number of carbonyl (C=O) groups excluding carboxylic acids is 2. The van der Waals surface area contributed by atoms with Crippen LogP contribution in [0.3, 0.4) is 0 Å². The minimum atomic E-state index is -3.64. The molecule has 7 nitrogen and oxygen atoms in total. The molecule has 2 amide bonds. The van der Waals surface area contributed by atoms with Crippen molar-refractivity contribution >= 4 is 33.4 Å². The molecule has 2 unspecified atom stereocenters. The van der Waals surface area contributed by atoms with E-state index in [4.69, 9.17) is 11.6 Å². The number of nitrogens with zero attached hydrogens (tertiary/aromatic N) is 2. The summed E-state index contributed by atoms with van der Waals surface area (Å²) in [7, 11) is -2.13. The molecule has 0 aliphatic carbocycles. The van der Waals surface area contributed by atoms with Crippen LogP contribution in [0.1, 0.15) is 52.0 Å².